The number of fused-ring (bicyclic) bond motifs is 1. The van der Waals surface area contributed by atoms with Gasteiger partial charge in [0.1, 0.15) is 11.0 Å². The van der Waals surface area contributed by atoms with Gasteiger partial charge in [-0.15, -0.1) is 0 Å². The standard InChI is InChI=1S/C30H34N8O/c1-36(2)15-5-8-28(39)33-24-7-4-6-22(20-24)26-13-14-31-27-21-32-30(35-29(26)27)34-23-9-11-25(12-10-23)38-18-16-37(3)17-19-38/h4-14,20-21H,15-19H2,1-3H3,(H,33,39)(H,32,34,35)/b8-5+. The Bertz CT molecular complexity index is 1460. The first-order valence-corrected chi connectivity index (χ1v) is 13.1. The van der Waals surface area contributed by atoms with E-state index in [-0.39, 0.29) is 5.91 Å². The Morgan fingerprint density at radius 3 is 2.56 bits per heavy atom. The number of amides is 1. The molecule has 0 spiro atoms. The number of carbonyl (C=O) groups is 1. The van der Waals surface area contributed by atoms with E-state index in [9.17, 15) is 4.79 Å². The number of nitrogens with zero attached hydrogens (tertiary/aromatic N) is 6. The quantitative estimate of drug-likeness (QED) is 0.332. The zero-order valence-electron chi connectivity index (χ0n) is 22.6. The minimum atomic E-state index is -0.166. The molecule has 1 amide bonds. The molecule has 0 radical (unpaired) electrons. The smallest absolute Gasteiger partial charge is 0.248 e. The fourth-order valence-corrected chi connectivity index (χ4v) is 4.50. The van der Waals surface area contributed by atoms with Gasteiger partial charge in [0, 0.05) is 67.6 Å². The Morgan fingerprint density at radius 2 is 1.79 bits per heavy atom. The molecule has 200 valence electrons. The predicted octanol–water partition coefficient (Wildman–Crippen LogP) is 4.24. The third-order valence-corrected chi connectivity index (χ3v) is 6.65. The number of nitrogens with one attached hydrogen (secondary N) is 2. The molecule has 4 aromatic rings. The van der Waals surface area contributed by atoms with Crippen LogP contribution in [-0.2, 0) is 4.79 Å². The summed E-state index contributed by atoms with van der Waals surface area (Å²) < 4.78 is 0. The van der Waals surface area contributed by atoms with Crippen LogP contribution < -0.4 is 15.5 Å². The highest BCUT2D eigenvalue weighted by Crippen LogP contribution is 2.29. The lowest BCUT2D eigenvalue weighted by Crippen LogP contribution is -2.44. The fourth-order valence-electron chi connectivity index (χ4n) is 4.50. The number of likely N-dealkylation sites (N-methyl/N-ethyl adjacent to an activating group) is 2. The molecule has 2 N–H and O–H groups in total. The average molecular weight is 523 g/mol. The van der Waals surface area contributed by atoms with Gasteiger partial charge in [0.2, 0.25) is 11.9 Å². The van der Waals surface area contributed by atoms with E-state index in [1.54, 1.807) is 18.5 Å². The molecule has 1 aliphatic heterocycles. The highest BCUT2D eigenvalue weighted by molar-refractivity contribution is 6.00. The first kappa shape index (κ1) is 26.3. The number of rotatable bonds is 8. The van der Waals surface area contributed by atoms with Crippen LogP contribution in [0.4, 0.5) is 23.0 Å². The van der Waals surface area contributed by atoms with Gasteiger partial charge >= 0.3 is 0 Å². The van der Waals surface area contributed by atoms with E-state index in [0.717, 1.165) is 48.5 Å². The number of carbonyl (C=O) groups excluding carboxylic acids is 1. The van der Waals surface area contributed by atoms with Crippen LogP contribution in [0.2, 0.25) is 0 Å². The molecule has 1 saturated heterocycles. The molecule has 0 atom stereocenters. The highest BCUT2D eigenvalue weighted by Gasteiger charge is 2.14. The van der Waals surface area contributed by atoms with Gasteiger partial charge in [-0.1, -0.05) is 18.2 Å². The van der Waals surface area contributed by atoms with Crippen molar-refractivity contribution in [3.63, 3.8) is 0 Å². The van der Waals surface area contributed by atoms with E-state index in [4.69, 9.17) is 4.98 Å². The first-order valence-electron chi connectivity index (χ1n) is 13.1. The number of benzene rings is 2. The number of piperazine rings is 1. The molecule has 0 saturated carbocycles. The molecule has 0 bridgehead atoms. The lowest BCUT2D eigenvalue weighted by Gasteiger charge is -2.34. The summed E-state index contributed by atoms with van der Waals surface area (Å²) in [5.41, 5.74) is 6.13. The van der Waals surface area contributed by atoms with Gasteiger partial charge in [-0.25, -0.2) is 9.97 Å². The maximum atomic E-state index is 12.3. The number of hydrogen-bond donors (Lipinski definition) is 2. The molecule has 3 heterocycles. The van der Waals surface area contributed by atoms with Crippen LogP contribution >= 0.6 is 0 Å². The summed E-state index contributed by atoms with van der Waals surface area (Å²) in [4.78, 5) is 32.8. The largest absolute Gasteiger partial charge is 0.369 e. The number of anilines is 4. The number of pyridine rings is 1. The topological polar surface area (TPSA) is 89.5 Å². The van der Waals surface area contributed by atoms with Crippen molar-refractivity contribution in [1.29, 1.82) is 0 Å². The van der Waals surface area contributed by atoms with Gasteiger partial charge in [-0.3, -0.25) is 9.78 Å². The average Bonchev–Trinajstić information content (AvgIpc) is 2.93. The van der Waals surface area contributed by atoms with Crippen molar-refractivity contribution in [2.75, 3.05) is 69.4 Å². The van der Waals surface area contributed by atoms with Crippen LogP contribution in [0.5, 0.6) is 0 Å². The SMILES string of the molecule is CN(C)C/C=C/C(=O)Nc1cccc(-c2ccnc3cnc(Nc4ccc(N5CCN(C)CC5)cc4)nc23)c1. The van der Waals surface area contributed by atoms with Crippen molar-refractivity contribution in [1.82, 2.24) is 24.8 Å². The summed E-state index contributed by atoms with van der Waals surface area (Å²) in [5, 5.41) is 6.27. The minimum absolute atomic E-state index is 0.166. The Labute approximate surface area is 229 Å². The molecule has 9 heteroatoms. The van der Waals surface area contributed by atoms with Crippen LogP contribution in [0.1, 0.15) is 0 Å². The summed E-state index contributed by atoms with van der Waals surface area (Å²) in [7, 11) is 6.08. The molecule has 1 fully saturated rings. The summed E-state index contributed by atoms with van der Waals surface area (Å²) >= 11 is 0. The van der Waals surface area contributed by atoms with E-state index in [2.05, 4.69) is 61.7 Å². The van der Waals surface area contributed by atoms with Gasteiger partial charge in [0.25, 0.3) is 0 Å². The van der Waals surface area contributed by atoms with Crippen LogP contribution in [-0.4, -0.2) is 84.5 Å². The summed E-state index contributed by atoms with van der Waals surface area (Å²) in [6, 6.07) is 18.1. The van der Waals surface area contributed by atoms with Gasteiger partial charge < -0.3 is 25.3 Å². The Kier molecular flexibility index (Phi) is 8.10. The van der Waals surface area contributed by atoms with E-state index >= 15 is 0 Å². The van der Waals surface area contributed by atoms with E-state index in [0.29, 0.717) is 23.7 Å². The number of aromatic nitrogens is 3. The van der Waals surface area contributed by atoms with Gasteiger partial charge in [-0.2, -0.15) is 0 Å². The second-order valence-electron chi connectivity index (χ2n) is 9.98. The minimum Gasteiger partial charge on any atom is -0.369 e. The van der Waals surface area contributed by atoms with Crippen LogP contribution in [0.3, 0.4) is 0 Å². The normalized spacial score (nSPS) is 14.3. The number of hydrogen-bond acceptors (Lipinski definition) is 8. The molecule has 5 rings (SSSR count). The van der Waals surface area contributed by atoms with Crippen LogP contribution in [0, 0.1) is 0 Å². The van der Waals surface area contributed by atoms with Crippen molar-refractivity contribution in [3.05, 3.63) is 79.1 Å². The van der Waals surface area contributed by atoms with Gasteiger partial charge in [0.15, 0.2) is 0 Å². The fraction of sp³-hybridized carbons (Fsp3) is 0.267. The molecule has 1 aliphatic rings. The monoisotopic (exact) mass is 522 g/mol. The predicted molar refractivity (Wildman–Crippen MR) is 159 cm³/mol. The van der Waals surface area contributed by atoms with E-state index in [1.165, 1.54) is 5.69 Å². The van der Waals surface area contributed by atoms with Crippen LogP contribution in [0.15, 0.2) is 79.1 Å². The van der Waals surface area contributed by atoms with Crippen LogP contribution in [0.25, 0.3) is 22.2 Å². The molecule has 0 aliphatic carbocycles. The van der Waals surface area contributed by atoms with Crippen molar-refractivity contribution < 1.29 is 4.79 Å². The Balaban J connectivity index is 1.34. The summed E-state index contributed by atoms with van der Waals surface area (Å²) in [5.74, 6) is 0.334. The lowest BCUT2D eigenvalue weighted by molar-refractivity contribution is -0.111. The highest BCUT2D eigenvalue weighted by atomic mass is 16.1. The lowest BCUT2D eigenvalue weighted by atomic mass is 10.0. The van der Waals surface area contributed by atoms with Gasteiger partial charge in [0.05, 0.1) is 6.20 Å². The maximum Gasteiger partial charge on any atom is 0.248 e. The molecule has 39 heavy (non-hydrogen) atoms. The summed E-state index contributed by atoms with van der Waals surface area (Å²) in [6.45, 7) is 4.91. The molecule has 0 unspecified atom stereocenters. The van der Waals surface area contributed by atoms with Gasteiger partial charge in [-0.05, 0) is 69.2 Å². The van der Waals surface area contributed by atoms with Crippen molar-refractivity contribution in [2.45, 2.75) is 0 Å². The molecular weight excluding hydrogens is 488 g/mol. The second-order valence-corrected chi connectivity index (χ2v) is 9.98. The Hall–Kier alpha value is -4.34. The molecule has 9 nitrogen and oxygen atoms in total. The third kappa shape index (κ3) is 6.76. The second kappa shape index (κ2) is 12.0. The zero-order chi connectivity index (χ0) is 27.2. The van der Waals surface area contributed by atoms with Crippen molar-refractivity contribution in [2.24, 2.45) is 0 Å². The maximum absolute atomic E-state index is 12.3. The van der Waals surface area contributed by atoms with E-state index < -0.39 is 0 Å². The van der Waals surface area contributed by atoms with E-state index in [1.807, 2.05) is 55.4 Å². The third-order valence-electron chi connectivity index (χ3n) is 6.65. The molecular formula is C30H34N8O. The molecule has 2 aromatic carbocycles. The van der Waals surface area contributed by atoms with Crippen molar-refractivity contribution in [3.8, 4) is 11.1 Å². The Morgan fingerprint density at radius 1 is 1.00 bits per heavy atom. The first-order chi connectivity index (χ1) is 18.9. The summed E-state index contributed by atoms with van der Waals surface area (Å²) in [6.07, 6.45) is 6.87. The van der Waals surface area contributed by atoms with Crippen molar-refractivity contribution >= 4 is 40.0 Å². The molecule has 2 aromatic heterocycles. The zero-order valence-corrected chi connectivity index (χ0v) is 22.6.